The molecule has 3 amide bonds. The normalized spacial score (nSPS) is 17.1. The molecule has 2 N–H and O–H groups in total. The van der Waals surface area contributed by atoms with Gasteiger partial charge in [0.25, 0.3) is 5.91 Å². The molecule has 120 valence electrons. The number of amides is 3. The molecule has 0 aromatic heterocycles. The Morgan fingerprint density at radius 2 is 1.57 bits per heavy atom. The van der Waals surface area contributed by atoms with Crippen molar-refractivity contribution in [1.29, 1.82) is 0 Å². The zero-order chi connectivity index (χ0) is 16.2. The van der Waals surface area contributed by atoms with Crippen LogP contribution in [-0.2, 0) is 9.53 Å². The second kappa shape index (κ2) is 6.64. The lowest BCUT2D eigenvalue weighted by Gasteiger charge is -2.35. The molecule has 0 spiro atoms. The van der Waals surface area contributed by atoms with Crippen LogP contribution in [-0.4, -0.2) is 72.3 Å². The molecule has 21 heavy (non-hydrogen) atoms. The third-order valence-electron chi connectivity index (χ3n) is 3.30. The monoisotopic (exact) mass is 301 g/mol. The summed E-state index contributed by atoms with van der Waals surface area (Å²) in [6.45, 7) is 6.42. The molecular formula is C13H23N3O5. The van der Waals surface area contributed by atoms with Gasteiger partial charge >= 0.3 is 12.2 Å². The van der Waals surface area contributed by atoms with E-state index in [2.05, 4.69) is 5.32 Å². The van der Waals surface area contributed by atoms with Gasteiger partial charge in [0.05, 0.1) is 0 Å². The molecule has 1 atom stereocenters. The average molecular weight is 301 g/mol. The minimum atomic E-state index is -0.999. The van der Waals surface area contributed by atoms with Gasteiger partial charge in [0, 0.05) is 38.6 Å². The zero-order valence-electron chi connectivity index (χ0n) is 12.9. The van der Waals surface area contributed by atoms with Crippen LogP contribution in [0.1, 0.15) is 20.8 Å². The molecule has 1 heterocycles. The molecule has 1 unspecified atom stereocenters. The molecule has 1 saturated heterocycles. The van der Waals surface area contributed by atoms with Gasteiger partial charge in [-0.3, -0.25) is 4.79 Å². The lowest BCUT2D eigenvalue weighted by molar-refractivity contribution is -0.135. The van der Waals surface area contributed by atoms with Crippen molar-refractivity contribution >= 4 is 18.1 Å². The summed E-state index contributed by atoms with van der Waals surface area (Å²) in [6, 6.07) is 0. The smallest absolute Gasteiger partial charge is 0.410 e. The summed E-state index contributed by atoms with van der Waals surface area (Å²) in [5, 5.41) is 11.3. The van der Waals surface area contributed by atoms with Crippen LogP contribution in [0.3, 0.4) is 0 Å². The number of carboxylic acid groups (broad SMARTS) is 1. The Morgan fingerprint density at radius 1 is 1.10 bits per heavy atom. The van der Waals surface area contributed by atoms with E-state index in [1.807, 2.05) is 20.8 Å². The molecule has 0 bridgehead atoms. The fraction of sp³-hybridized carbons (Fsp3) is 0.769. The van der Waals surface area contributed by atoms with Crippen molar-refractivity contribution in [2.24, 2.45) is 5.41 Å². The maximum Gasteiger partial charge on any atom is 0.410 e. The lowest BCUT2D eigenvalue weighted by atomic mass is 9.88. The van der Waals surface area contributed by atoms with Gasteiger partial charge < -0.3 is 25.0 Å². The van der Waals surface area contributed by atoms with Crippen molar-refractivity contribution < 1.29 is 24.2 Å². The van der Waals surface area contributed by atoms with E-state index in [0.717, 1.165) is 0 Å². The Morgan fingerprint density at radius 3 is 1.95 bits per heavy atom. The minimum Gasteiger partial charge on any atom is -0.465 e. The number of hydrogen-bond acceptors (Lipinski definition) is 4. The Balaban J connectivity index is 2.63. The lowest BCUT2D eigenvalue weighted by Crippen LogP contribution is -2.53. The van der Waals surface area contributed by atoms with Gasteiger partial charge in [0.2, 0.25) is 0 Å². The van der Waals surface area contributed by atoms with E-state index in [4.69, 9.17) is 9.84 Å². The number of carbonyl (C=O) groups is 3. The number of ether oxygens (including phenoxy) is 1. The van der Waals surface area contributed by atoms with Crippen LogP contribution in [0.5, 0.6) is 0 Å². The Hall–Kier alpha value is -1.99. The van der Waals surface area contributed by atoms with Crippen molar-refractivity contribution in [3.8, 4) is 0 Å². The fourth-order valence-corrected chi connectivity index (χ4v) is 2.01. The van der Waals surface area contributed by atoms with Crippen molar-refractivity contribution in [3.05, 3.63) is 0 Å². The molecule has 1 aliphatic rings. The van der Waals surface area contributed by atoms with Gasteiger partial charge in [-0.05, 0) is 0 Å². The first kappa shape index (κ1) is 17.1. The zero-order valence-corrected chi connectivity index (χ0v) is 12.9. The maximum absolute atomic E-state index is 12.1. The molecule has 1 fully saturated rings. The van der Waals surface area contributed by atoms with Crippen LogP contribution in [0, 0.1) is 5.41 Å². The number of nitrogens with zero attached hydrogens (tertiary/aromatic N) is 2. The highest BCUT2D eigenvalue weighted by molar-refractivity contribution is 5.84. The van der Waals surface area contributed by atoms with E-state index < -0.39 is 23.7 Å². The fourth-order valence-electron chi connectivity index (χ4n) is 2.01. The third-order valence-corrected chi connectivity index (χ3v) is 3.30. The van der Waals surface area contributed by atoms with Crippen LogP contribution in [0.4, 0.5) is 9.59 Å². The summed E-state index contributed by atoms with van der Waals surface area (Å²) in [5.41, 5.74) is -0.529. The summed E-state index contributed by atoms with van der Waals surface area (Å²) in [7, 11) is 1.49. The number of nitrogens with one attached hydrogen (secondary N) is 1. The average Bonchev–Trinajstić information content (AvgIpc) is 2.42. The number of likely N-dealkylation sites (N-methyl/N-ethyl adjacent to an activating group) is 1. The second-order valence-corrected chi connectivity index (χ2v) is 6.00. The van der Waals surface area contributed by atoms with Gasteiger partial charge in [-0.2, -0.15) is 0 Å². The summed E-state index contributed by atoms with van der Waals surface area (Å²) in [6.07, 6.45) is -2.49. The number of carbonyl (C=O) groups excluding carboxylic acids is 2. The van der Waals surface area contributed by atoms with Gasteiger partial charge in [-0.1, -0.05) is 20.8 Å². The molecular weight excluding hydrogens is 278 g/mol. The summed E-state index contributed by atoms with van der Waals surface area (Å²) >= 11 is 0. The number of piperazine rings is 1. The van der Waals surface area contributed by atoms with Crippen molar-refractivity contribution in [2.45, 2.75) is 26.9 Å². The van der Waals surface area contributed by atoms with E-state index in [1.54, 1.807) is 0 Å². The standard InChI is InChI=1S/C13H23N3O5/c1-13(2,3)9(10(17)14-4)21-12(20)16-7-5-15(6-8-16)11(18)19/h9H,5-8H2,1-4H3,(H,14,17)(H,18,19). The highest BCUT2D eigenvalue weighted by Crippen LogP contribution is 2.23. The second-order valence-electron chi connectivity index (χ2n) is 6.00. The molecule has 8 nitrogen and oxygen atoms in total. The molecule has 0 aliphatic carbocycles. The molecule has 0 aromatic rings. The van der Waals surface area contributed by atoms with Crippen LogP contribution in [0.2, 0.25) is 0 Å². The van der Waals surface area contributed by atoms with Crippen LogP contribution < -0.4 is 5.32 Å². The summed E-state index contributed by atoms with van der Waals surface area (Å²) < 4.78 is 5.31. The highest BCUT2D eigenvalue weighted by atomic mass is 16.6. The van der Waals surface area contributed by atoms with E-state index in [0.29, 0.717) is 0 Å². The first-order valence-electron chi connectivity index (χ1n) is 6.82. The number of hydrogen-bond donors (Lipinski definition) is 2. The quantitative estimate of drug-likeness (QED) is 0.777. The van der Waals surface area contributed by atoms with E-state index in [1.165, 1.54) is 16.8 Å². The Labute approximate surface area is 124 Å². The van der Waals surface area contributed by atoms with Crippen LogP contribution in [0.15, 0.2) is 0 Å². The van der Waals surface area contributed by atoms with E-state index >= 15 is 0 Å². The topological polar surface area (TPSA) is 99.2 Å². The molecule has 0 radical (unpaired) electrons. The molecule has 1 aliphatic heterocycles. The van der Waals surface area contributed by atoms with Crippen LogP contribution >= 0.6 is 0 Å². The molecule has 1 rings (SSSR count). The molecule has 0 aromatic carbocycles. The predicted molar refractivity (Wildman–Crippen MR) is 75.0 cm³/mol. The van der Waals surface area contributed by atoms with Gasteiger partial charge in [-0.25, -0.2) is 9.59 Å². The summed E-state index contributed by atoms with van der Waals surface area (Å²) in [4.78, 5) is 37.4. The predicted octanol–water partition coefficient (Wildman–Crippen LogP) is 0.579. The van der Waals surface area contributed by atoms with Gasteiger partial charge in [0.15, 0.2) is 6.10 Å². The molecule has 8 heteroatoms. The van der Waals surface area contributed by atoms with E-state index in [-0.39, 0.29) is 32.1 Å². The SMILES string of the molecule is CNC(=O)C(OC(=O)N1CCN(C(=O)O)CC1)C(C)(C)C. The highest BCUT2D eigenvalue weighted by Gasteiger charge is 2.36. The van der Waals surface area contributed by atoms with Crippen molar-refractivity contribution in [3.63, 3.8) is 0 Å². The summed E-state index contributed by atoms with van der Waals surface area (Å²) in [5.74, 6) is -0.361. The first-order chi connectivity index (χ1) is 9.66. The van der Waals surface area contributed by atoms with Crippen molar-refractivity contribution in [1.82, 2.24) is 15.1 Å². The molecule has 0 saturated carbocycles. The van der Waals surface area contributed by atoms with Crippen LogP contribution in [0.25, 0.3) is 0 Å². The Bertz CT molecular complexity index is 411. The first-order valence-corrected chi connectivity index (χ1v) is 6.82. The third kappa shape index (κ3) is 4.51. The maximum atomic E-state index is 12.1. The minimum absolute atomic E-state index is 0.241. The number of rotatable bonds is 2. The largest absolute Gasteiger partial charge is 0.465 e. The van der Waals surface area contributed by atoms with Gasteiger partial charge in [0.1, 0.15) is 0 Å². The Kier molecular flexibility index (Phi) is 5.40. The van der Waals surface area contributed by atoms with E-state index in [9.17, 15) is 14.4 Å². The van der Waals surface area contributed by atoms with Gasteiger partial charge in [-0.15, -0.1) is 0 Å². The van der Waals surface area contributed by atoms with Crippen molar-refractivity contribution in [2.75, 3.05) is 33.2 Å².